The van der Waals surface area contributed by atoms with Gasteiger partial charge in [0.25, 0.3) is 5.91 Å². The van der Waals surface area contributed by atoms with Gasteiger partial charge in [0, 0.05) is 56.8 Å². The maximum absolute atomic E-state index is 12.4. The smallest absolute Gasteiger partial charge is 0.253 e. The topological polar surface area (TPSA) is 44.8 Å². The summed E-state index contributed by atoms with van der Waals surface area (Å²) < 4.78 is 5.57. The number of hydrogen-bond acceptors (Lipinski definition) is 5. The van der Waals surface area contributed by atoms with Crippen molar-refractivity contribution >= 4 is 42.5 Å². The number of nitrogens with zero attached hydrogens (tertiary/aromatic N) is 2. The van der Waals surface area contributed by atoms with Crippen molar-refractivity contribution in [1.29, 1.82) is 0 Å². The van der Waals surface area contributed by atoms with Gasteiger partial charge in [0.15, 0.2) is 0 Å². The van der Waals surface area contributed by atoms with E-state index in [1.54, 1.807) is 0 Å². The van der Waals surface area contributed by atoms with Crippen LogP contribution in [0.25, 0.3) is 0 Å². The molecule has 0 spiro atoms. The molecule has 1 amide bonds. The number of ether oxygens (including phenoxy) is 1. The highest BCUT2D eigenvalue weighted by Crippen LogP contribution is 2.21. The third-order valence-corrected chi connectivity index (χ3v) is 5.48. The molecule has 8 heteroatoms. The normalized spacial score (nSPS) is 27.6. The largest absolute Gasteiger partial charge is 0.366 e. The van der Waals surface area contributed by atoms with E-state index in [-0.39, 0.29) is 36.8 Å². The van der Waals surface area contributed by atoms with E-state index in [4.69, 9.17) is 4.74 Å². The summed E-state index contributed by atoms with van der Waals surface area (Å²) in [7, 11) is 0. The van der Waals surface area contributed by atoms with Crippen molar-refractivity contribution in [3.63, 3.8) is 0 Å². The molecule has 3 aliphatic rings. The number of morpholine rings is 1. The monoisotopic (exact) mass is 371 g/mol. The lowest BCUT2D eigenvalue weighted by molar-refractivity contribution is -0.146. The van der Waals surface area contributed by atoms with Gasteiger partial charge in [0.1, 0.15) is 6.10 Å². The average molecular weight is 372 g/mol. The first kappa shape index (κ1) is 20.3. The molecule has 0 aromatic carbocycles. The van der Waals surface area contributed by atoms with E-state index in [0.29, 0.717) is 19.2 Å². The van der Waals surface area contributed by atoms with Gasteiger partial charge in [0.05, 0.1) is 6.61 Å². The quantitative estimate of drug-likeness (QED) is 0.779. The zero-order valence-electron chi connectivity index (χ0n) is 12.9. The molecule has 3 heterocycles. The molecule has 3 rings (SSSR count). The summed E-state index contributed by atoms with van der Waals surface area (Å²) in [6.07, 6.45) is 1.99. The number of likely N-dealkylation sites (tertiary alicyclic amines) is 1. The van der Waals surface area contributed by atoms with E-state index in [1.807, 2.05) is 4.90 Å². The van der Waals surface area contributed by atoms with Crippen LogP contribution in [-0.4, -0.2) is 85.2 Å². The molecule has 0 aromatic heterocycles. The molecular weight excluding hydrogens is 345 g/mol. The molecule has 5 nitrogen and oxygen atoms in total. The summed E-state index contributed by atoms with van der Waals surface area (Å²) in [5, 5.41) is 3.23. The zero-order chi connectivity index (χ0) is 13.8. The van der Waals surface area contributed by atoms with Crippen LogP contribution in [0.15, 0.2) is 0 Å². The molecule has 1 N–H and O–H groups in total. The van der Waals surface area contributed by atoms with Gasteiger partial charge in [-0.15, -0.1) is 24.8 Å². The maximum Gasteiger partial charge on any atom is 0.253 e. The van der Waals surface area contributed by atoms with Gasteiger partial charge in [0.2, 0.25) is 0 Å². The van der Waals surface area contributed by atoms with Crippen LogP contribution in [-0.2, 0) is 9.53 Å². The highest BCUT2D eigenvalue weighted by atomic mass is 35.5. The molecular formula is C14H27Cl2N3O2S. The summed E-state index contributed by atoms with van der Waals surface area (Å²) in [5.41, 5.74) is 0. The summed E-state index contributed by atoms with van der Waals surface area (Å²) >= 11 is 2.06. The van der Waals surface area contributed by atoms with Gasteiger partial charge < -0.3 is 15.0 Å². The lowest BCUT2D eigenvalue weighted by atomic mass is 10.0. The van der Waals surface area contributed by atoms with Crippen molar-refractivity contribution < 1.29 is 9.53 Å². The van der Waals surface area contributed by atoms with Gasteiger partial charge in [-0.2, -0.15) is 11.8 Å². The van der Waals surface area contributed by atoms with Crippen LogP contribution in [0.4, 0.5) is 0 Å². The Morgan fingerprint density at radius 1 is 1.09 bits per heavy atom. The number of carbonyl (C=O) groups is 1. The molecule has 22 heavy (non-hydrogen) atoms. The van der Waals surface area contributed by atoms with Crippen molar-refractivity contribution in [2.75, 3.05) is 57.4 Å². The van der Waals surface area contributed by atoms with Crippen LogP contribution in [0.3, 0.4) is 0 Å². The number of thioether (sulfide) groups is 1. The number of hydrogen-bond donors (Lipinski definition) is 1. The van der Waals surface area contributed by atoms with Crippen molar-refractivity contribution in [3.05, 3.63) is 0 Å². The van der Waals surface area contributed by atoms with Crippen LogP contribution in [0.2, 0.25) is 0 Å². The maximum atomic E-state index is 12.4. The minimum absolute atomic E-state index is 0. The lowest BCUT2D eigenvalue weighted by Crippen LogP contribution is -2.54. The van der Waals surface area contributed by atoms with Crippen molar-refractivity contribution in [2.45, 2.75) is 25.0 Å². The van der Waals surface area contributed by atoms with E-state index in [1.165, 1.54) is 24.6 Å². The van der Waals surface area contributed by atoms with Gasteiger partial charge in [-0.05, 0) is 12.8 Å². The van der Waals surface area contributed by atoms with E-state index in [0.717, 1.165) is 32.5 Å². The molecule has 0 saturated carbocycles. The molecule has 1 atom stereocenters. The third-order valence-electron chi connectivity index (χ3n) is 4.54. The first-order chi connectivity index (χ1) is 9.84. The highest BCUT2D eigenvalue weighted by Gasteiger charge is 2.31. The van der Waals surface area contributed by atoms with Crippen LogP contribution < -0.4 is 5.32 Å². The SMILES string of the molecule is Cl.Cl.O=C(C1CNCCO1)N1CCC(N2CCSCC2)CC1. The van der Waals surface area contributed by atoms with Crippen LogP contribution in [0, 0.1) is 0 Å². The zero-order valence-corrected chi connectivity index (χ0v) is 15.3. The first-order valence-electron chi connectivity index (χ1n) is 7.77. The predicted octanol–water partition coefficient (Wildman–Crippen LogP) is 0.858. The molecule has 0 aliphatic carbocycles. The fraction of sp³-hybridized carbons (Fsp3) is 0.929. The Morgan fingerprint density at radius 2 is 1.77 bits per heavy atom. The number of halogens is 2. The van der Waals surface area contributed by atoms with Crippen molar-refractivity contribution in [3.8, 4) is 0 Å². The summed E-state index contributed by atoms with van der Waals surface area (Å²) in [6, 6.07) is 0.686. The Hall–Kier alpha value is 0.280. The lowest BCUT2D eigenvalue weighted by Gasteiger charge is -2.41. The Balaban J connectivity index is 0.00000121. The Morgan fingerprint density at radius 3 is 2.36 bits per heavy atom. The van der Waals surface area contributed by atoms with Crippen LogP contribution in [0.1, 0.15) is 12.8 Å². The highest BCUT2D eigenvalue weighted by molar-refractivity contribution is 7.99. The minimum atomic E-state index is -0.258. The van der Waals surface area contributed by atoms with Gasteiger partial charge in [-0.1, -0.05) is 0 Å². The van der Waals surface area contributed by atoms with E-state index in [2.05, 4.69) is 22.0 Å². The Bertz CT molecular complexity index is 332. The van der Waals surface area contributed by atoms with Crippen molar-refractivity contribution in [2.24, 2.45) is 0 Å². The van der Waals surface area contributed by atoms with E-state index >= 15 is 0 Å². The van der Waals surface area contributed by atoms with Crippen LogP contribution in [0.5, 0.6) is 0 Å². The molecule has 0 aromatic rings. The van der Waals surface area contributed by atoms with Crippen molar-refractivity contribution in [1.82, 2.24) is 15.1 Å². The van der Waals surface area contributed by atoms with Gasteiger partial charge >= 0.3 is 0 Å². The fourth-order valence-electron chi connectivity index (χ4n) is 3.32. The molecule has 3 saturated heterocycles. The summed E-state index contributed by atoms with van der Waals surface area (Å²) in [4.78, 5) is 17.0. The van der Waals surface area contributed by atoms with Crippen LogP contribution >= 0.6 is 36.6 Å². The second-order valence-electron chi connectivity index (χ2n) is 5.77. The predicted molar refractivity (Wildman–Crippen MR) is 95.6 cm³/mol. The van der Waals surface area contributed by atoms with Gasteiger partial charge in [-0.3, -0.25) is 9.69 Å². The van der Waals surface area contributed by atoms with Gasteiger partial charge in [-0.25, -0.2) is 0 Å². The molecule has 3 fully saturated rings. The number of nitrogens with one attached hydrogen (secondary N) is 1. The molecule has 3 aliphatic heterocycles. The average Bonchev–Trinajstić information content (AvgIpc) is 2.56. The molecule has 130 valence electrons. The fourth-order valence-corrected chi connectivity index (χ4v) is 4.25. The standard InChI is InChI=1S/C14H25N3O2S.2ClH/c18-14(13-11-15-3-8-19-13)17-4-1-12(2-5-17)16-6-9-20-10-7-16;;/h12-13,15H,1-11H2;2*1H. The molecule has 0 bridgehead atoms. The minimum Gasteiger partial charge on any atom is -0.366 e. The molecule has 1 unspecified atom stereocenters. The Labute approximate surface area is 149 Å². The number of piperidine rings is 1. The third kappa shape index (κ3) is 5.14. The number of amides is 1. The molecule has 0 radical (unpaired) electrons. The second kappa shape index (κ2) is 10.2. The van der Waals surface area contributed by atoms with E-state index in [9.17, 15) is 4.79 Å². The number of rotatable bonds is 2. The number of carbonyl (C=O) groups excluding carboxylic acids is 1. The summed E-state index contributed by atoms with van der Waals surface area (Å²) in [5.74, 6) is 2.71. The summed E-state index contributed by atoms with van der Waals surface area (Å²) in [6.45, 7) is 6.41. The Kier molecular flexibility index (Phi) is 9.43. The second-order valence-corrected chi connectivity index (χ2v) is 6.99. The van der Waals surface area contributed by atoms with E-state index < -0.39 is 0 Å². The first-order valence-corrected chi connectivity index (χ1v) is 8.93.